The van der Waals surface area contributed by atoms with Crippen molar-refractivity contribution in [3.63, 3.8) is 0 Å². The molecule has 0 heterocycles. The second kappa shape index (κ2) is 13.3. The van der Waals surface area contributed by atoms with Gasteiger partial charge in [0, 0.05) is 7.11 Å². The minimum Gasteiger partial charge on any atom is -0.413 e. The molecule has 4 heteroatoms. The molecule has 0 aliphatic rings. The highest BCUT2D eigenvalue weighted by Gasteiger charge is 2.32. The van der Waals surface area contributed by atoms with Crippen LogP contribution in [-0.2, 0) is 26.9 Å². The summed E-state index contributed by atoms with van der Waals surface area (Å²) in [6, 6.07) is 12.3. The first kappa shape index (κ1) is 24.1. The van der Waals surface area contributed by atoms with Gasteiger partial charge in [-0.25, -0.2) is 0 Å². The first-order valence-electron chi connectivity index (χ1n) is 10.5. The SMILES string of the molecule is CC[Si](CC)(CC)OC(C/C=C/Cc1ccc(COCOC)cc1)C(C)C. The number of methoxy groups -OCH3 is 1. The third-order valence-corrected chi connectivity index (χ3v) is 10.1. The van der Waals surface area contributed by atoms with Gasteiger partial charge in [-0.1, -0.05) is 71.0 Å². The van der Waals surface area contributed by atoms with Gasteiger partial charge in [-0.15, -0.1) is 0 Å². The first-order chi connectivity index (χ1) is 13.0. The Kier molecular flexibility index (Phi) is 11.8. The zero-order valence-corrected chi connectivity index (χ0v) is 19.3. The summed E-state index contributed by atoms with van der Waals surface area (Å²) in [5.41, 5.74) is 2.50. The minimum absolute atomic E-state index is 0.335. The third-order valence-electron chi connectivity index (χ3n) is 5.46. The lowest BCUT2D eigenvalue weighted by Crippen LogP contribution is -2.41. The van der Waals surface area contributed by atoms with Crippen LogP contribution in [0.3, 0.4) is 0 Å². The molecule has 1 aromatic rings. The summed E-state index contributed by atoms with van der Waals surface area (Å²) in [5.74, 6) is 0.553. The molecule has 1 rings (SSSR count). The van der Waals surface area contributed by atoms with Gasteiger partial charge in [0.2, 0.25) is 0 Å². The molecule has 0 aromatic heterocycles. The normalized spacial score (nSPS) is 13.6. The predicted molar refractivity (Wildman–Crippen MR) is 117 cm³/mol. The zero-order valence-electron chi connectivity index (χ0n) is 18.3. The quantitative estimate of drug-likeness (QED) is 0.160. The van der Waals surface area contributed by atoms with E-state index in [0.717, 1.165) is 12.8 Å². The molecule has 0 aliphatic carbocycles. The van der Waals surface area contributed by atoms with E-state index in [1.165, 1.54) is 29.3 Å². The Morgan fingerprint density at radius 2 is 1.52 bits per heavy atom. The molecular formula is C23H40O3Si. The number of benzene rings is 1. The molecule has 0 N–H and O–H groups in total. The van der Waals surface area contributed by atoms with Crippen LogP contribution in [0.5, 0.6) is 0 Å². The van der Waals surface area contributed by atoms with Gasteiger partial charge >= 0.3 is 0 Å². The van der Waals surface area contributed by atoms with Crippen LogP contribution in [-0.4, -0.2) is 28.3 Å². The van der Waals surface area contributed by atoms with E-state index in [-0.39, 0.29) is 0 Å². The smallest absolute Gasteiger partial charge is 0.192 e. The lowest BCUT2D eigenvalue weighted by molar-refractivity contribution is -0.0390. The molecule has 0 radical (unpaired) electrons. The number of hydrogen-bond acceptors (Lipinski definition) is 3. The van der Waals surface area contributed by atoms with Gasteiger partial charge in [0.1, 0.15) is 6.79 Å². The Morgan fingerprint density at radius 1 is 0.926 bits per heavy atom. The lowest BCUT2D eigenvalue weighted by atomic mass is 10.0. The minimum atomic E-state index is -1.54. The standard InChI is InChI=1S/C23H40O3Si/c1-7-27(8-2,9-3)26-23(20(4)5)13-11-10-12-21-14-16-22(17-15-21)18-25-19-24-6/h10-11,14-17,20,23H,7-9,12-13,18-19H2,1-6H3/b11-10+. The maximum atomic E-state index is 6.73. The number of ether oxygens (including phenoxy) is 2. The number of rotatable bonds is 14. The summed E-state index contributed by atoms with van der Waals surface area (Å²) in [4.78, 5) is 0. The van der Waals surface area contributed by atoms with Crippen LogP contribution in [0.15, 0.2) is 36.4 Å². The van der Waals surface area contributed by atoms with E-state index in [2.05, 4.69) is 71.0 Å². The van der Waals surface area contributed by atoms with E-state index in [0.29, 0.717) is 25.4 Å². The monoisotopic (exact) mass is 392 g/mol. The molecule has 0 fully saturated rings. The molecule has 0 spiro atoms. The molecule has 0 aliphatic heterocycles. The van der Waals surface area contributed by atoms with E-state index < -0.39 is 8.32 Å². The average molecular weight is 393 g/mol. The predicted octanol–water partition coefficient (Wildman–Crippen LogP) is 6.34. The van der Waals surface area contributed by atoms with Gasteiger partial charge < -0.3 is 13.9 Å². The van der Waals surface area contributed by atoms with Crippen LogP contribution in [0.4, 0.5) is 0 Å². The van der Waals surface area contributed by atoms with Crippen molar-refractivity contribution in [1.29, 1.82) is 0 Å². The summed E-state index contributed by atoms with van der Waals surface area (Å²) in [6.45, 7) is 12.4. The lowest BCUT2D eigenvalue weighted by Gasteiger charge is -2.34. The largest absolute Gasteiger partial charge is 0.413 e. The molecule has 3 nitrogen and oxygen atoms in total. The van der Waals surface area contributed by atoms with Crippen LogP contribution in [0.1, 0.15) is 52.2 Å². The number of hydrogen-bond donors (Lipinski definition) is 0. The Labute approximate surface area is 168 Å². The van der Waals surface area contributed by atoms with E-state index in [1.807, 2.05) is 0 Å². The Morgan fingerprint density at radius 3 is 2.04 bits per heavy atom. The molecule has 0 saturated carbocycles. The topological polar surface area (TPSA) is 27.7 Å². The number of allylic oxidation sites excluding steroid dienone is 1. The van der Waals surface area contributed by atoms with Crippen molar-refractivity contribution >= 4 is 8.32 Å². The van der Waals surface area contributed by atoms with Crippen LogP contribution in [0, 0.1) is 5.92 Å². The van der Waals surface area contributed by atoms with Gasteiger partial charge in [0.25, 0.3) is 0 Å². The van der Waals surface area contributed by atoms with Crippen molar-refractivity contribution < 1.29 is 13.9 Å². The van der Waals surface area contributed by atoms with E-state index >= 15 is 0 Å². The van der Waals surface area contributed by atoms with E-state index in [1.54, 1.807) is 7.11 Å². The second-order valence-electron chi connectivity index (χ2n) is 7.63. The zero-order chi connectivity index (χ0) is 20.1. The molecule has 1 atom stereocenters. The fraction of sp³-hybridized carbons (Fsp3) is 0.652. The van der Waals surface area contributed by atoms with Crippen molar-refractivity contribution in [2.24, 2.45) is 5.92 Å². The van der Waals surface area contributed by atoms with E-state index in [4.69, 9.17) is 13.9 Å². The van der Waals surface area contributed by atoms with Crippen molar-refractivity contribution in [2.75, 3.05) is 13.9 Å². The van der Waals surface area contributed by atoms with Crippen molar-refractivity contribution in [3.05, 3.63) is 47.5 Å². The van der Waals surface area contributed by atoms with Gasteiger partial charge in [0.05, 0.1) is 12.7 Å². The molecule has 0 amide bonds. The maximum absolute atomic E-state index is 6.73. The molecule has 0 bridgehead atoms. The molecule has 1 unspecified atom stereocenters. The molecule has 1 aromatic carbocycles. The highest BCUT2D eigenvalue weighted by Crippen LogP contribution is 2.27. The van der Waals surface area contributed by atoms with Gasteiger partial charge in [0.15, 0.2) is 8.32 Å². The summed E-state index contributed by atoms with van der Waals surface area (Å²) in [5, 5.41) is 0. The Hall–Kier alpha value is -0.943. The second-order valence-corrected chi connectivity index (χ2v) is 12.3. The van der Waals surface area contributed by atoms with Gasteiger partial charge in [-0.2, -0.15) is 0 Å². The highest BCUT2D eigenvalue weighted by molar-refractivity contribution is 6.73. The van der Waals surface area contributed by atoms with Crippen LogP contribution < -0.4 is 0 Å². The van der Waals surface area contributed by atoms with E-state index in [9.17, 15) is 0 Å². The maximum Gasteiger partial charge on any atom is 0.192 e. The molecule has 0 saturated heterocycles. The average Bonchev–Trinajstić information content (AvgIpc) is 2.69. The van der Waals surface area contributed by atoms with Crippen molar-refractivity contribution in [1.82, 2.24) is 0 Å². The van der Waals surface area contributed by atoms with Gasteiger partial charge in [-0.3, -0.25) is 0 Å². The first-order valence-corrected chi connectivity index (χ1v) is 13.0. The third kappa shape index (κ3) is 8.73. The fourth-order valence-corrected chi connectivity index (χ4v) is 6.25. The van der Waals surface area contributed by atoms with Crippen LogP contribution in [0.2, 0.25) is 18.1 Å². The summed E-state index contributed by atoms with van der Waals surface area (Å²) in [6.07, 6.45) is 6.90. The van der Waals surface area contributed by atoms with Crippen molar-refractivity contribution in [3.8, 4) is 0 Å². The molecule has 27 heavy (non-hydrogen) atoms. The Balaban J connectivity index is 2.53. The van der Waals surface area contributed by atoms with Crippen LogP contribution in [0.25, 0.3) is 0 Å². The van der Waals surface area contributed by atoms with Crippen molar-refractivity contribution in [2.45, 2.75) is 78.3 Å². The fourth-order valence-electron chi connectivity index (χ4n) is 3.24. The molecular weight excluding hydrogens is 352 g/mol. The summed E-state index contributed by atoms with van der Waals surface area (Å²) in [7, 11) is 0.0957. The highest BCUT2D eigenvalue weighted by atomic mass is 28.4. The Bertz CT molecular complexity index is 513. The summed E-state index contributed by atoms with van der Waals surface area (Å²) < 4.78 is 17.0. The van der Waals surface area contributed by atoms with Gasteiger partial charge in [-0.05, 0) is 48.0 Å². The van der Waals surface area contributed by atoms with Crippen LogP contribution >= 0.6 is 0 Å². The summed E-state index contributed by atoms with van der Waals surface area (Å²) >= 11 is 0. The molecule has 154 valence electrons.